The Labute approximate surface area is 302 Å². The van der Waals surface area contributed by atoms with E-state index in [0.29, 0.717) is 52.9 Å². The molecule has 52 heavy (non-hydrogen) atoms. The lowest BCUT2D eigenvalue weighted by atomic mass is 10.1. The van der Waals surface area contributed by atoms with Crippen LogP contribution in [0.1, 0.15) is 74.5 Å². The number of H-pyrrole nitrogens is 2. The van der Waals surface area contributed by atoms with Crippen LogP contribution in [-0.2, 0) is 22.0 Å². The molecule has 2 aromatic heterocycles. The van der Waals surface area contributed by atoms with Gasteiger partial charge in [0.15, 0.2) is 9.84 Å². The average Bonchev–Trinajstić information content (AvgIpc) is 3.66. The van der Waals surface area contributed by atoms with Crippen LogP contribution in [0.25, 0.3) is 10.9 Å². The van der Waals surface area contributed by atoms with Crippen LogP contribution >= 0.6 is 0 Å². The summed E-state index contributed by atoms with van der Waals surface area (Å²) in [5.41, 5.74) is 3.09. The maximum Gasteiger partial charge on any atom is 0.258 e. The van der Waals surface area contributed by atoms with E-state index in [4.69, 9.17) is 0 Å². The molecule has 0 unspecified atom stereocenters. The van der Waals surface area contributed by atoms with Crippen LogP contribution < -0.4 is 16.2 Å². The number of amides is 2. The predicted molar refractivity (Wildman–Crippen MR) is 199 cm³/mol. The van der Waals surface area contributed by atoms with Gasteiger partial charge in [-0.3, -0.25) is 19.5 Å². The summed E-state index contributed by atoms with van der Waals surface area (Å²) in [5.74, 6) is 5.54. The molecular formula is C39H41N7O5S. The number of fused-ring (bicyclic) bond motifs is 1. The molecule has 0 aliphatic carbocycles. The van der Waals surface area contributed by atoms with Gasteiger partial charge in [-0.1, -0.05) is 24.3 Å². The van der Waals surface area contributed by atoms with E-state index in [1.54, 1.807) is 61.8 Å². The van der Waals surface area contributed by atoms with Gasteiger partial charge in [-0.2, -0.15) is 5.10 Å². The number of aromatic nitrogens is 4. The van der Waals surface area contributed by atoms with E-state index in [1.165, 1.54) is 37.5 Å². The molecule has 13 heteroatoms. The first-order chi connectivity index (χ1) is 25.1. The van der Waals surface area contributed by atoms with Gasteiger partial charge in [-0.05, 0) is 111 Å². The van der Waals surface area contributed by atoms with Crippen LogP contribution in [0.4, 0.5) is 0 Å². The highest BCUT2D eigenvalue weighted by atomic mass is 32.2. The van der Waals surface area contributed by atoms with Crippen LogP contribution in [-0.4, -0.2) is 78.0 Å². The van der Waals surface area contributed by atoms with Gasteiger partial charge in [0.05, 0.1) is 27.7 Å². The summed E-state index contributed by atoms with van der Waals surface area (Å²) in [6.07, 6.45) is 8.63. The standard InChI is InChI=1S/C39H41N7O5S/c1-27-44-35-22-29(10-15-34(35)39(49)45-27)26-52(50,51)36-16-14-33(38(48)40-17-5-6-30-24-42-43-25-30)23-32(36)13-9-28-7-11-31(12-8-28)37(47)41-18-21-46-19-3-2-4-20-46/h7-8,10-12,14-16,22-25H,2-6,17-21,26H2,1H3,(H,40,48)(H,41,47)(H,42,43)(H,44,45,49). The molecule has 2 amide bonds. The molecule has 0 bridgehead atoms. The number of carbonyl (C=O) groups excluding carboxylic acids is 2. The maximum absolute atomic E-state index is 13.9. The molecule has 3 aromatic carbocycles. The molecule has 1 aliphatic heterocycles. The van der Waals surface area contributed by atoms with Crippen molar-refractivity contribution in [2.45, 2.75) is 49.7 Å². The van der Waals surface area contributed by atoms with Gasteiger partial charge in [0.25, 0.3) is 17.4 Å². The third-order valence-electron chi connectivity index (χ3n) is 8.96. The topological polar surface area (TPSA) is 170 Å². The Hall–Kier alpha value is -5.58. The van der Waals surface area contributed by atoms with Crippen molar-refractivity contribution in [1.82, 2.24) is 35.7 Å². The lowest BCUT2D eigenvalue weighted by Gasteiger charge is -2.26. The highest BCUT2D eigenvalue weighted by molar-refractivity contribution is 7.90. The number of carbonyl (C=O) groups is 2. The summed E-state index contributed by atoms with van der Waals surface area (Å²) in [7, 11) is -3.97. The molecule has 6 rings (SSSR count). The van der Waals surface area contributed by atoms with Crippen molar-refractivity contribution in [3.63, 3.8) is 0 Å². The number of rotatable bonds is 12. The van der Waals surface area contributed by atoms with Crippen molar-refractivity contribution in [3.05, 3.63) is 123 Å². The third kappa shape index (κ3) is 9.39. The molecular weight excluding hydrogens is 679 g/mol. The molecule has 0 radical (unpaired) electrons. The molecule has 268 valence electrons. The molecule has 1 aliphatic rings. The lowest BCUT2D eigenvalue weighted by molar-refractivity contribution is 0.0941. The van der Waals surface area contributed by atoms with E-state index < -0.39 is 9.84 Å². The van der Waals surface area contributed by atoms with Crippen LogP contribution in [0.2, 0.25) is 0 Å². The zero-order valence-corrected chi connectivity index (χ0v) is 29.8. The first-order valence-corrected chi connectivity index (χ1v) is 19.0. The van der Waals surface area contributed by atoms with Crippen LogP contribution in [0.5, 0.6) is 0 Å². The van der Waals surface area contributed by atoms with E-state index in [-0.39, 0.29) is 39.1 Å². The summed E-state index contributed by atoms with van der Waals surface area (Å²) in [6.45, 7) is 5.60. The van der Waals surface area contributed by atoms with Crippen LogP contribution in [0.3, 0.4) is 0 Å². The molecule has 0 spiro atoms. The van der Waals surface area contributed by atoms with Gasteiger partial charge >= 0.3 is 0 Å². The minimum absolute atomic E-state index is 0.0312. The van der Waals surface area contributed by atoms with Gasteiger partial charge in [-0.25, -0.2) is 13.4 Å². The zero-order chi connectivity index (χ0) is 36.5. The fourth-order valence-corrected chi connectivity index (χ4v) is 7.69. The number of benzene rings is 3. The summed E-state index contributed by atoms with van der Waals surface area (Å²) >= 11 is 0. The second-order valence-corrected chi connectivity index (χ2v) is 14.9. The van der Waals surface area contributed by atoms with Crippen LogP contribution in [0, 0.1) is 18.8 Å². The Balaban J connectivity index is 1.21. The van der Waals surface area contributed by atoms with Crippen molar-refractivity contribution in [3.8, 4) is 11.8 Å². The van der Waals surface area contributed by atoms with Crippen molar-refractivity contribution in [2.75, 3.05) is 32.7 Å². The molecule has 5 aromatic rings. The first kappa shape index (κ1) is 36.2. The van der Waals surface area contributed by atoms with Gasteiger partial charge in [-0.15, -0.1) is 0 Å². The Morgan fingerprint density at radius 3 is 2.40 bits per heavy atom. The highest BCUT2D eigenvalue weighted by Crippen LogP contribution is 2.23. The summed E-state index contributed by atoms with van der Waals surface area (Å²) in [4.78, 5) is 47.5. The Morgan fingerprint density at radius 2 is 1.63 bits per heavy atom. The lowest BCUT2D eigenvalue weighted by Crippen LogP contribution is -2.37. The molecule has 0 saturated carbocycles. The third-order valence-corrected chi connectivity index (χ3v) is 10.7. The summed E-state index contributed by atoms with van der Waals surface area (Å²) in [5, 5.41) is 12.9. The first-order valence-electron chi connectivity index (χ1n) is 17.4. The number of nitrogens with one attached hydrogen (secondary N) is 4. The molecule has 3 heterocycles. The van der Waals surface area contributed by atoms with Crippen LogP contribution in [0.15, 0.2) is 82.7 Å². The van der Waals surface area contributed by atoms with Crippen molar-refractivity contribution < 1.29 is 18.0 Å². The van der Waals surface area contributed by atoms with Gasteiger partial charge < -0.3 is 20.5 Å². The Bertz CT molecular complexity index is 2280. The van der Waals surface area contributed by atoms with E-state index in [2.05, 4.69) is 47.5 Å². The van der Waals surface area contributed by atoms with E-state index >= 15 is 0 Å². The Morgan fingerprint density at radius 1 is 0.885 bits per heavy atom. The predicted octanol–water partition coefficient (Wildman–Crippen LogP) is 3.91. The number of hydrogen-bond donors (Lipinski definition) is 4. The van der Waals surface area contributed by atoms with E-state index in [1.807, 2.05) is 0 Å². The second kappa shape index (κ2) is 16.6. The summed E-state index contributed by atoms with van der Waals surface area (Å²) in [6, 6.07) is 15.9. The van der Waals surface area contributed by atoms with Crippen molar-refractivity contribution >= 4 is 32.6 Å². The second-order valence-electron chi connectivity index (χ2n) is 12.9. The van der Waals surface area contributed by atoms with Gasteiger partial charge in [0, 0.05) is 48.1 Å². The highest BCUT2D eigenvalue weighted by Gasteiger charge is 2.21. The normalized spacial score (nSPS) is 13.3. The number of aromatic amines is 2. The minimum Gasteiger partial charge on any atom is -0.352 e. The minimum atomic E-state index is -3.97. The molecule has 1 saturated heterocycles. The number of sulfone groups is 1. The summed E-state index contributed by atoms with van der Waals surface area (Å²) < 4.78 is 27.8. The monoisotopic (exact) mass is 719 g/mol. The van der Waals surface area contributed by atoms with Gasteiger partial charge in [0.2, 0.25) is 0 Å². The van der Waals surface area contributed by atoms with E-state index in [9.17, 15) is 22.8 Å². The number of likely N-dealkylation sites (tertiary alicyclic amines) is 1. The molecule has 4 N–H and O–H groups in total. The van der Waals surface area contributed by atoms with Gasteiger partial charge in [0.1, 0.15) is 5.82 Å². The SMILES string of the molecule is Cc1nc2cc(CS(=O)(=O)c3ccc(C(=O)NCCCc4cn[nH]c4)cc3C#Cc3ccc(C(=O)NCCN4CCCCC4)cc3)ccc2c(=O)[nH]1. The van der Waals surface area contributed by atoms with Crippen molar-refractivity contribution in [2.24, 2.45) is 0 Å². The largest absolute Gasteiger partial charge is 0.352 e. The zero-order valence-electron chi connectivity index (χ0n) is 29.0. The number of hydrogen-bond acceptors (Lipinski definition) is 8. The number of nitrogens with zero attached hydrogens (tertiary/aromatic N) is 3. The average molecular weight is 720 g/mol. The molecule has 1 fully saturated rings. The Kier molecular flexibility index (Phi) is 11.6. The fraction of sp³-hybridized carbons (Fsp3) is 0.308. The number of aryl methyl sites for hydroxylation is 2. The number of piperidine rings is 1. The molecule has 0 atom stereocenters. The maximum atomic E-state index is 13.9. The van der Waals surface area contributed by atoms with E-state index in [0.717, 1.165) is 31.6 Å². The smallest absolute Gasteiger partial charge is 0.258 e. The van der Waals surface area contributed by atoms with Crippen molar-refractivity contribution in [1.29, 1.82) is 0 Å². The fourth-order valence-electron chi connectivity index (χ4n) is 6.20. The quantitative estimate of drug-likeness (QED) is 0.111. The molecule has 12 nitrogen and oxygen atoms in total.